The lowest BCUT2D eigenvalue weighted by molar-refractivity contribution is -0.384. The number of carbonyl (C=O) groups excluding carboxylic acids is 1. The minimum Gasteiger partial charge on any atom is -0.455 e. The van der Waals surface area contributed by atoms with Crippen molar-refractivity contribution in [2.75, 3.05) is 0 Å². The number of ether oxygens (including phenoxy) is 1. The number of fused-ring (bicyclic) bond motifs is 9. The van der Waals surface area contributed by atoms with Gasteiger partial charge in [-0.15, -0.1) is 0 Å². The summed E-state index contributed by atoms with van der Waals surface area (Å²) in [6.45, 7) is 0. The lowest BCUT2D eigenvalue weighted by atomic mass is 9.67. The van der Waals surface area contributed by atoms with Gasteiger partial charge in [0.05, 0.1) is 10.5 Å². The van der Waals surface area contributed by atoms with Gasteiger partial charge in [-0.3, -0.25) is 10.1 Å². The summed E-state index contributed by atoms with van der Waals surface area (Å²) < 4.78 is 6.27. The van der Waals surface area contributed by atoms with E-state index in [0.29, 0.717) is 23.3 Å². The van der Waals surface area contributed by atoms with Crippen LogP contribution in [0, 0.1) is 39.7 Å². The molecule has 0 saturated heterocycles. The average molecular weight is 327 g/mol. The van der Waals surface area contributed by atoms with Crippen LogP contribution in [0.3, 0.4) is 0 Å². The Morgan fingerprint density at radius 1 is 1.04 bits per heavy atom. The van der Waals surface area contributed by atoms with Gasteiger partial charge < -0.3 is 4.74 Å². The first-order chi connectivity index (χ1) is 11.6. The van der Waals surface area contributed by atoms with Crippen molar-refractivity contribution in [3.05, 3.63) is 39.9 Å². The molecule has 4 aliphatic rings. The molecule has 24 heavy (non-hydrogen) atoms. The van der Waals surface area contributed by atoms with Crippen LogP contribution < -0.4 is 0 Å². The van der Waals surface area contributed by atoms with Crippen molar-refractivity contribution in [2.24, 2.45) is 29.6 Å². The molecule has 1 aromatic rings. The first-order valence-corrected chi connectivity index (χ1v) is 9.07. The van der Waals surface area contributed by atoms with Crippen molar-refractivity contribution in [1.82, 2.24) is 0 Å². The molecule has 4 saturated carbocycles. The van der Waals surface area contributed by atoms with E-state index in [1.54, 1.807) is 0 Å². The molecule has 0 spiro atoms. The molecule has 2 unspecified atom stereocenters. The molecule has 5 rings (SSSR count). The second-order valence-electron chi connectivity index (χ2n) is 8.11. The molecule has 0 heterocycles. The Labute approximate surface area is 140 Å². The average Bonchev–Trinajstić information content (AvgIpc) is 3.34. The normalized spacial score (nSPS) is 41.4. The van der Waals surface area contributed by atoms with E-state index >= 15 is 0 Å². The number of nitrogens with zero attached hydrogens (tertiary/aromatic N) is 1. The van der Waals surface area contributed by atoms with E-state index in [0.717, 1.165) is 11.8 Å². The van der Waals surface area contributed by atoms with E-state index < -0.39 is 4.92 Å². The van der Waals surface area contributed by atoms with Gasteiger partial charge in [0.25, 0.3) is 5.69 Å². The first kappa shape index (κ1) is 14.4. The number of nitro benzene ring substituents is 1. The van der Waals surface area contributed by atoms with Crippen LogP contribution in [0.4, 0.5) is 5.69 Å². The summed E-state index contributed by atoms with van der Waals surface area (Å²) in [5, 5.41) is 10.8. The number of non-ortho nitro benzene ring substituents is 1. The monoisotopic (exact) mass is 327 g/mol. The van der Waals surface area contributed by atoms with Crippen molar-refractivity contribution in [3.63, 3.8) is 0 Å². The van der Waals surface area contributed by atoms with Crippen LogP contribution in [0.2, 0.25) is 0 Å². The molecule has 1 aromatic carbocycles. The quantitative estimate of drug-likeness (QED) is 0.364. The second kappa shape index (κ2) is 4.80. The van der Waals surface area contributed by atoms with E-state index in [9.17, 15) is 14.9 Å². The summed E-state index contributed by atoms with van der Waals surface area (Å²) >= 11 is 0. The minimum atomic E-state index is -0.449. The van der Waals surface area contributed by atoms with E-state index in [1.165, 1.54) is 62.8 Å². The molecular formula is C19H21NO4. The van der Waals surface area contributed by atoms with Crippen molar-refractivity contribution in [2.45, 2.75) is 44.1 Å². The van der Waals surface area contributed by atoms with Crippen molar-refractivity contribution in [1.29, 1.82) is 0 Å². The van der Waals surface area contributed by atoms with Gasteiger partial charge in [0.1, 0.15) is 5.60 Å². The van der Waals surface area contributed by atoms with Crippen molar-refractivity contribution < 1.29 is 14.5 Å². The highest BCUT2D eigenvalue weighted by molar-refractivity contribution is 5.90. The molecule has 0 N–H and O–H groups in total. The number of benzene rings is 1. The predicted octanol–water partition coefficient (Wildman–Crippen LogP) is 3.97. The van der Waals surface area contributed by atoms with Gasteiger partial charge in [-0.2, -0.15) is 0 Å². The maximum atomic E-state index is 12.8. The SMILES string of the molecule is O=C(OC12C([C@@H]3CC[C@@H]1C3)[C@H]1CC[C@H]2C1)c1ccc([N+](=O)[O-])cc1. The maximum Gasteiger partial charge on any atom is 0.338 e. The highest BCUT2D eigenvalue weighted by Gasteiger charge is 2.71. The van der Waals surface area contributed by atoms with Gasteiger partial charge in [-0.25, -0.2) is 4.79 Å². The number of esters is 1. The summed E-state index contributed by atoms with van der Waals surface area (Å²) in [6, 6.07) is 5.81. The largest absolute Gasteiger partial charge is 0.455 e. The molecule has 4 aliphatic carbocycles. The molecule has 0 radical (unpaired) electrons. The van der Waals surface area contributed by atoms with Crippen LogP contribution in [-0.2, 0) is 4.74 Å². The third kappa shape index (κ3) is 1.73. The summed E-state index contributed by atoms with van der Waals surface area (Å²) in [7, 11) is 0. The molecule has 4 fully saturated rings. The standard InChI is InChI=1S/C19H21NO4/c21-18(11-3-7-16(8-4-11)20(22)23)24-19-14-5-1-12(9-14)17(19)13-2-6-15(19)10-13/h3-4,7-8,12-15,17H,1-2,5-6,9-10H2/t12-,13+,14-,15+,17?,19?. The molecule has 0 aliphatic heterocycles. The zero-order valence-corrected chi connectivity index (χ0v) is 13.5. The topological polar surface area (TPSA) is 69.4 Å². The van der Waals surface area contributed by atoms with Crippen molar-refractivity contribution >= 4 is 11.7 Å². The number of hydrogen-bond acceptors (Lipinski definition) is 4. The molecular weight excluding hydrogens is 306 g/mol. The summed E-state index contributed by atoms with van der Waals surface area (Å²) in [5.41, 5.74) is 0.201. The third-order valence-corrected chi connectivity index (χ3v) is 7.34. The summed E-state index contributed by atoms with van der Waals surface area (Å²) in [4.78, 5) is 23.1. The first-order valence-electron chi connectivity index (χ1n) is 9.07. The lowest BCUT2D eigenvalue weighted by Crippen LogP contribution is -2.51. The smallest absolute Gasteiger partial charge is 0.338 e. The van der Waals surface area contributed by atoms with Crippen LogP contribution in [0.25, 0.3) is 0 Å². The van der Waals surface area contributed by atoms with E-state index in [1.807, 2.05) is 0 Å². The Hall–Kier alpha value is -1.91. The van der Waals surface area contributed by atoms with E-state index in [4.69, 9.17) is 4.74 Å². The van der Waals surface area contributed by atoms with Gasteiger partial charge in [0.2, 0.25) is 0 Å². The molecule has 5 nitrogen and oxygen atoms in total. The van der Waals surface area contributed by atoms with Crippen LogP contribution in [0.1, 0.15) is 48.9 Å². The Balaban J connectivity index is 1.44. The Morgan fingerprint density at radius 3 is 2.17 bits per heavy atom. The highest BCUT2D eigenvalue weighted by Crippen LogP contribution is 2.71. The van der Waals surface area contributed by atoms with Crippen LogP contribution in [-0.4, -0.2) is 16.5 Å². The fourth-order valence-corrected chi connectivity index (χ4v) is 6.68. The summed E-state index contributed by atoms with van der Waals surface area (Å²) in [6.07, 6.45) is 7.44. The van der Waals surface area contributed by atoms with Crippen LogP contribution in [0.5, 0.6) is 0 Å². The zero-order valence-electron chi connectivity index (χ0n) is 13.5. The Morgan fingerprint density at radius 2 is 1.62 bits per heavy atom. The number of carbonyl (C=O) groups is 1. The maximum absolute atomic E-state index is 12.8. The van der Waals surface area contributed by atoms with Crippen molar-refractivity contribution in [3.8, 4) is 0 Å². The predicted molar refractivity (Wildman–Crippen MR) is 86.4 cm³/mol. The van der Waals surface area contributed by atoms with Gasteiger partial charge in [-0.1, -0.05) is 0 Å². The fourth-order valence-electron chi connectivity index (χ4n) is 6.68. The molecule has 0 aromatic heterocycles. The van der Waals surface area contributed by atoms with E-state index in [2.05, 4.69) is 0 Å². The highest BCUT2D eigenvalue weighted by atomic mass is 16.6. The Kier molecular flexibility index (Phi) is 2.89. The minimum absolute atomic E-state index is 0.00226. The van der Waals surface area contributed by atoms with Gasteiger partial charge in [0.15, 0.2) is 0 Å². The fraction of sp³-hybridized carbons (Fsp3) is 0.632. The molecule has 5 heteroatoms. The lowest BCUT2D eigenvalue weighted by Gasteiger charge is -2.46. The summed E-state index contributed by atoms with van der Waals surface area (Å²) in [5.74, 6) is 2.83. The number of rotatable bonds is 3. The van der Waals surface area contributed by atoms with Gasteiger partial charge in [0, 0.05) is 18.1 Å². The van der Waals surface area contributed by atoms with Gasteiger partial charge >= 0.3 is 5.97 Å². The molecule has 4 bridgehead atoms. The van der Waals surface area contributed by atoms with Crippen LogP contribution >= 0.6 is 0 Å². The second-order valence-corrected chi connectivity index (χ2v) is 8.11. The van der Waals surface area contributed by atoms with E-state index in [-0.39, 0.29) is 17.3 Å². The molecule has 126 valence electrons. The molecule has 0 amide bonds. The molecule has 6 atom stereocenters. The number of hydrogen-bond donors (Lipinski definition) is 0. The number of nitro groups is 1. The van der Waals surface area contributed by atoms with Crippen LogP contribution in [0.15, 0.2) is 24.3 Å². The Bertz CT molecular complexity index is 691. The zero-order chi connectivity index (χ0) is 16.5. The third-order valence-electron chi connectivity index (χ3n) is 7.34. The van der Waals surface area contributed by atoms with Gasteiger partial charge in [-0.05, 0) is 74.3 Å².